The quantitative estimate of drug-likeness (QED) is 0.583. The molecule has 3 aromatic rings. The molecule has 3 heterocycles. The molecule has 0 unspecified atom stereocenters. The Labute approximate surface area is 196 Å². The fourth-order valence-corrected chi connectivity index (χ4v) is 4.22. The van der Waals surface area contributed by atoms with Crippen molar-refractivity contribution in [2.75, 3.05) is 18.4 Å². The van der Waals surface area contributed by atoms with E-state index in [2.05, 4.69) is 31.7 Å². The zero-order chi connectivity index (χ0) is 23.5. The minimum absolute atomic E-state index is 0.0947. The Morgan fingerprint density at radius 3 is 2.97 bits per heavy atom. The summed E-state index contributed by atoms with van der Waals surface area (Å²) in [7, 11) is 0. The Morgan fingerprint density at radius 1 is 1.26 bits per heavy atom. The van der Waals surface area contributed by atoms with Crippen molar-refractivity contribution in [3.63, 3.8) is 0 Å². The van der Waals surface area contributed by atoms with Crippen LogP contribution in [0.5, 0.6) is 5.75 Å². The van der Waals surface area contributed by atoms with Crippen LogP contribution in [0.15, 0.2) is 55.1 Å². The van der Waals surface area contributed by atoms with Crippen LogP contribution in [0.1, 0.15) is 29.9 Å². The van der Waals surface area contributed by atoms with Crippen molar-refractivity contribution in [1.29, 1.82) is 5.26 Å². The number of nitrogens with one attached hydrogen (secondary N) is 2. The van der Waals surface area contributed by atoms with E-state index >= 15 is 0 Å². The van der Waals surface area contributed by atoms with Gasteiger partial charge >= 0.3 is 0 Å². The molecule has 8 nitrogen and oxygen atoms in total. The highest BCUT2D eigenvalue weighted by atomic mass is 19.1. The van der Waals surface area contributed by atoms with Crippen LogP contribution in [0.2, 0.25) is 0 Å². The molecule has 1 saturated carbocycles. The van der Waals surface area contributed by atoms with E-state index in [0.717, 1.165) is 12.0 Å². The van der Waals surface area contributed by atoms with E-state index in [1.165, 1.54) is 6.33 Å². The number of hydrogen-bond acceptors (Lipinski definition) is 7. The van der Waals surface area contributed by atoms with Crippen LogP contribution in [0.3, 0.4) is 0 Å². The van der Waals surface area contributed by atoms with E-state index in [0.29, 0.717) is 41.4 Å². The van der Waals surface area contributed by atoms with Crippen molar-refractivity contribution >= 4 is 11.7 Å². The van der Waals surface area contributed by atoms with Gasteiger partial charge in [0.1, 0.15) is 36.2 Å². The lowest BCUT2D eigenvalue weighted by atomic mass is 10.1. The fourth-order valence-electron chi connectivity index (χ4n) is 4.22. The SMILES string of the molecule is N#Cc1cc(-c2cc(NC(=O)[C@@H]3C[C@H]3c3cccnc3)ncn2)ccc1O[C@H]1CCNC[C@H]1F. The predicted molar refractivity (Wildman–Crippen MR) is 123 cm³/mol. The number of halogens is 1. The topological polar surface area (TPSA) is 113 Å². The number of nitriles is 1. The van der Waals surface area contributed by atoms with Gasteiger partial charge in [-0.05, 0) is 55.1 Å². The number of aromatic nitrogens is 3. The number of pyridine rings is 1. The summed E-state index contributed by atoms with van der Waals surface area (Å²) in [6.07, 6.45) is 4.47. The number of ether oxygens (including phenoxy) is 1. The highest BCUT2D eigenvalue weighted by Gasteiger charge is 2.44. The van der Waals surface area contributed by atoms with E-state index in [4.69, 9.17) is 4.74 Å². The van der Waals surface area contributed by atoms with E-state index in [-0.39, 0.29) is 24.3 Å². The summed E-state index contributed by atoms with van der Waals surface area (Å²) in [5, 5.41) is 15.5. The second kappa shape index (κ2) is 9.53. The number of rotatable bonds is 6. The van der Waals surface area contributed by atoms with E-state index in [1.54, 1.807) is 36.7 Å². The number of carbonyl (C=O) groups is 1. The maximum absolute atomic E-state index is 14.1. The number of alkyl halides is 1. The summed E-state index contributed by atoms with van der Waals surface area (Å²) in [4.78, 5) is 25.2. The molecule has 0 bridgehead atoms. The number of carbonyl (C=O) groups excluding carboxylic acids is 1. The van der Waals surface area contributed by atoms with Crippen molar-refractivity contribution in [2.24, 2.45) is 5.92 Å². The Morgan fingerprint density at radius 2 is 2.18 bits per heavy atom. The number of anilines is 1. The number of benzene rings is 1. The number of piperidine rings is 1. The van der Waals surface area contributed by atoms with Gasteiger partial charge in [0.25, 0.3) is 0 Å². The molecule has 0 spiro atoms. The van der Waals surface area contributed by atoms with Gasteiger partial charge in [-0.15, -0.1) is 0 Å². The monoisotopic (exact) mass is 458 g/mol. The summed E-state index contributed by atoms with van der Waals surface area (Å²) in [6.45, 7) is 0.911. The molecule has 34 heavy (non-hydrogen) atoms. The van der Waals surface area contributed by atoms with Crippen molar-refractivity contribution in [1.82, 2.24) is 20.3 Å². The third kappa shape index (κ3) is 4.72. The first-order chi connectivity index (χ1) is 16.6. The Bertz CT molecular complexity index is 1230. The molecule has 0 radical (unpaired) electrons. The van der Waals surface area contributed by atoms with Crippen LogP contribution < -0.4 is 15.4 Å². The third-order valence-electron chi connectivity index (χ3n) is 6.18. The van der Waals surface area contributed by atoms with Gasteiger partial charge in [-0.3, -0.25) is 9.78 Å². The molecular formula is C25H23FN6O2. The lowest BCUT2D eigenvalue weighted by molar-refractivity contribution is -0.117. The fraction of sp³-hybridized carbons (Fsp3) is 0.320. The first-order valence-electron chi connectivity index (χ1n) is 11.2. The first-order valence-corrected chi connectivity index (χ1v) is 11.2. The van der Waals surface area contributed by atoms with Crippen LogP contribution in [0.25, 0.3) is 11.3 Å². The van der Waals surface area contributed by atoms with Crippen molar-refractivity contribution in [3.05, 3.63) is 66.2 Å². The van der Waals surface area contributed by atoms with Gasteiger partial charge in [-0.25, -0.2) is 14.4 Å². The second-order valence-electron chi connectivity index (χ2n) is 8.50. The van der Waals surface area contributed by atoms with Gasteiger partial charge < -0.3 is 15.4 Å². The molecule has 4 atom stereocenters. The zero-order valence-corrected chi connectivity index (χ0v) is 18.3. The normalized spacial score (nSPS) is 23.5. The van der Waals surface area contributed by atoms with Gasteiger partial charge in [0.05, 0.1) is 11.3 Å². The minimum atomic E-state index is -1.13. The lowest BCUT2D eigenvalue weighted by Gasteiger charge is -2.27. The molecule has 2 fully saturated rings. The summed E-state index contributed by atoms with van der Waals surface area (Å²) in [5.41, 5.74) is 2.58. The summed E-state index contributed by atoms with van der Waals surface area (Å²) in [6, 6.07) is 12.7. The maximum atomic E-state index is 14.1. The Balaban J connectivity index is 1.28. The van der Waals surface area contributed by atoms with Crippen LogP contribution in [0, 0.1) is 17.2 Å². The highest BCUT2D eigenvalue weighted by molar-refractivity contribution is 5.94. The molecule has 1 saturated heterocycles. The Kier molecular flexibility index (Phi) is 6.14. The summed E-state index contributed by atoms with van der Waals surface area (Å²) >= 11 is 0. The standard InChI is InChI=1S/C25H23FN6O2/c26-20-13-29-7-5-23(20)34-22-4-3-15(8-17(22)11-27)21-10-24(31-14-30-21)32-25(33)19-9-18(19)16-2-1-6-28-12-16/h1-4,6,8,10,12,14,18-20,23,29H,5,7,9,13H2,(H,30,31,32,33)/t18-,19+,20+,23-/m0/s1. The molecule has 9 heteroatoms. The maximum Gasteiger partial charge on any atom is 0.229 e. The molecule has 2 aromatic heterocycles. The zero-order valence-electron chi connectivity index (χ0n) is 18.3. The average molecular weight is 458 g/mol. The first kappa shape index (κ1) is 21.9. The number of hydrogen-bond donors (Lipinski definition) is 2. The minimum Gasteiger partial charge on any atom is -0.486 e. The van der Waals surface area contributed by atoms with Crippen LogP contribution in [-0.2, 0) is 4.79 Å². The molecule has 1 aliphatic carbocycles. The molecule has 1 aromatic carbocycles. The van der Waals surface area contributed by atoms with Gasteiger partial charge in [0.2, 0.25) is 5.91 Å². The lowest BCUT2D eigenvalue weighted by Crippen LogP contribution is -2.44. The van der Waals surface area contributed by atoms with Gasteiger partial charge in [0, 0.05) is 36.5 Å². The van der Waals surface area contributed by atoms with Crippen molar-refractivity contribution < 1.29 is 13.9 Å². The van der Waals surface area contributed by atoms with Crippen LogP contribution in [-0.4, -0.2) is 46.2 Å². The summed E-state index contributed by atoms with van der Waals surface area (Å²) < 4.78 is 19.9. The molecule has 1 aliphatic heterocycles. The molecule has 2 N–H and O–H groups in total. The van der Waals surface area contributed by atoms with E-state index in [9.17, 15) is 14.4 Å². The Hall–Kier alpha value is -3.90. The third-order valence-corrected chi connectivity index (χ3v) is 6.18. The van der Waals surface area contributed by atoms with Crippen LogP contribution >= 0.6 is 0 Å². The van der Waals surface area contributed by atoms with Crippen molar-refractivity contribution in [3.8, 4) is 23.1 Å². The molecule has 5 rings (SSSR count). The molecule has 2 aliphatic rings. The van der Waals surface area contributed by atoms with E-state index in [1.807, 2.05) is 12.1 Å². The highest BCUT2D eigenvalue weighted by Crippen LogP contribution is 2.47. The summed E-state index contributed by atoms with van der Waals surface area (Å²) in [5.74, 6) is 0.699. The smallest absolute Gasteiger partial charge is 0.229 e. The predicted octanol–water partition coefficient (Wildman–Crippen LogP) is 3.23. The van der Waals surface area contributed by atoms with Gasteiger partial charge in [0.15, 0.2) is 0 Å². The van der Waals surface area contributed by atoms with Crippen LogP contribution in [0.4, 0.5) is 10.2 Å². The van der Waals surface area contributed by atoms with E-state index < -0.39 is 12.3 Å². The van der Waals surface area contributed by atoms with Gasteiger partial charge in [-0.1, -0.05) is 6.07 Å². The number of nitrogens with zero attached hydrogens (tertiary/aromatic N) is 4. The van der Waals surface area contributed by atoms with Gasteiger partial charge in [-0.2, -0.15) is 5.26 Å². The molecular weight excluding hydrogens is 435 g/mol. The molecule has 1 amide bonds. The molecule has 172 valence electrons. The van der Waals surface area contributed by atoms with Crippen molar-refractivity contribution in [2.45, 2.75) is 31.0 Å². The second-order valence-corrected chi connectivity index (χ2v) is 8.50. The number of amides is 1. The largest absolute Gasteiger partial charge is 0.486 e. The average Bonchev–Trinajstić information content (AvgIpc) is 3.68.